The molecule has 12 heavy (non-hydrogen) atoms. The Morgan fingerprint density at radius 1 is 0.917 bits per heavy atom. The van der Waals surface area contributed by atoms with Gasteiger partial charge < -0.3 is 0 Å². The molecule has 2 heteroatoms. The summed E-state index contributed by atoms with van der Waals surface area (Å²) in [4.78, 5) is 0. The third kappa shape index (κ3) is 10.8. The molecule has 0 spiro atoms. The molecule has 2 radical (unpaired) electrons. The van der Waals surface area contributed by atoms with Crippen LogP contribution in [0.2, 0.25) is 4.44 Å². The second kappa shape index (κ2) is 11.8. The van der Waals surface area contributed by atoms with Gasteiger partial charge >= 0.3 is 88.0 Å². The van der Waals surface area contributed by atoms with Crippen LogP contribution >= 0.6 is 0 Å². The number of hydrogen-bond acceptors (Lipinski definition) is 1. The molecule has 0 atom stereocenters. The quantitative estimate of drug-likeness (QED) is 0.463. The summed E-state index contributed by atoms with van der Waals surface area (Å²) in [5, 5.41) is 0. The second-order valence-corrected chi connectivity index (χ2v) is 6.17. The van der Waals surface area contributed by atoms with Gasteiger partial charge in [-0.15, -0.1) is 0 Å². The van der Waals surface area contributed by atoms with Crippen LogP contribution in [0.1, 0.15) is 52.4 Å². The predicted molar refractivity (Wildman–Crippen MR) is 55.6 cm³/mol. The Balaban J connectivity index is 2.73. The van der Waals surface area contributed by atoms with Crippen molar-refractivity contribution in [3.63, 3.8) is 0 Å². The van der Waals surface area contributed by atoms with Gasteiger partial charge in [0.1, 0.15) is 0 Å². The van der Waals surface area contributed by atoms with E-state index in [2.05, 4.69) is 13.8 Å². The van der Waals surface area contributed by atoms with E-state index in [-0.39, 0.29) is 21.6 Å². The molecule has 72 valence electrons. The van der Waals surface area contributed by atoms with Crippen LogP contribution in [0.4, 0.5) is 0 Å². The monoisotopic (exact) mass is 278 g/mol. The maximum atomic E-state index is 5.43. The van der Waals surface area contributed by atoms with E-state index in [0.29, 0.717) is 0 Å². The molecule has 0 saturated heterocycles. The van der Waals surface area contributed by atoms with Gasteiger partial charge in [-0.2, -0.15) is 0 Å². The van der Waals surface area contributed by atoms with E-state index in [9.17, 15) is 0 Å². The average Bonchev–Trinajstić information content (AvgIpc) is 2.10. The van der Waals surface area contributed by atoms with Crippen molar-refractivity contribution in [1.29, 1.82) is 0 Å². The van der Waals surface area contributed by atoms with Gasteiger partial charge in [-0.05, 0) is 0 Å². The van der Waals surface area contributed by atoms with Crippen LogP contribution in [0.25, 0.3) is 0 Å². The predicted octanol–water partition coefficient (Wildman–Crippen LogP) is 3.42. The summed E-state index contributed by atoms with van der Waals surface area (Å²) in [7, 11) is 0. The molecule has 0 aliphatic heterocycles. The van der Waals surface area contributed by atoms with Gasteiger partial charge in [-0.3, -0.25) is 0 Å². The summed E-state index contributed by atoms with van der Waals surface area (Å²) in [5.41, 5.74) is 0. The summed E-state index contributed by atoms with van der Waals surface area (Å²) in [6.45, 7) is 5.31. The fraction of sp³-hybridized carbons (Fsp3) is 1.00. The van der Waals surface area contributed by atoms with Crippen molar-refractivity contribution >= 4 is 21.6 Å². The third-order valence-electron chi connectivity index (χ3n) is 1.88. The van der Waals surface area contributed by atoms with Crippen LogP contribution in [-0.2, 0) is 3.07 Å². The molecule has 0 fully saturated rings. The standard InChI is InChI=1S/C8H17.C2H5O.Sn/c1-3-5-7-8-6-4-2;1-2-3;/h1,3-8H2,2H3;2H2,1H3;/q;-1;+1. The first kappa shape index (κ1) is 12.8. The molecular weight excluding hydrogens is 255 g/mol. The number of rotatable bonds is 9. The molecule has 0 bridgehead atoms. The van der Waals surface area contributed by atoms with Gasteiger partial charge in [0, 0.05) is 0 Å². The second-order valence-electron chi connectivity index (χ2n) is 3.10. The fourth-order valence-electron chi connectivity index (χ4n) is 1.15. The topological polar surface area (TPSA) is 9.23 Å². The first-order valence-electron chi connectivity index (χ1n) is 5.26. The fourth-order valence-corrected chi connectivity index (χ4v) is 3.27. The molecule has 0 heterocycles. The number of hydrogen-bond donors (Lipinski definition) is 0. The maximum absolute atomic E-state index is 5.43. The third-order valence-corrected chi connectivity index (χ3v) is 4.88. The van der Waals surface area contributed by atoms with Crippen LogP contribution in [0.5, 0.6) is 0 Å². The minimum atomic E-state index is -0.373. The zero-order valence-electron chi connectivity index (χ0n) is 8.57. The van der Waals surface area contributed by atoms with Crippen LogP contribution in [0, 0.1) is 0 Å². The Morgan fingerprint density at radius 2 is 1.58 bits per heavy atom. The van der Waals surface area contributed by atoms with Crippen LogP contribution in [0.15, 0.2) is 0 Å². The van der Waals surface area contributed by atoms with E-state index >= 15 is 0 Å². The van der Waals surface area contributed by atoms with Crippen molar-refractivity contribution in [2.24, 2.45) is 0 Å². The van der Waals surface area contributed by atoms with Gasteiger partial charge in [0.25, 0.3) is 0 Å². The summed E-state index contributed by atoms with van der Waals surface area (Å²) in [6.07, 6.45) is 8.53. The Kier molecular flexibility index (Phi) is 12.5. The van der Waals surface area contributed by atoms with E-state index < -0.39 is 0 Å². The summed E-state index contributed by atoms with van der Waals surface area (Å²) >= 11 is -0.373. The summed E-state index contributed by atoms with van der Waals surface area (Å²) in [5.74, 6) is 0. The molecule has 0 unspecified atom stereocenters. The van der Waals surface area contributed by atoms with Crippen LogP contribution in [-0.4, -0.2) is 28.2 Å². The Hall–Kier alpha value is 0.759. The van der Waals surface area contributed by atoms with Crippen molar-refractivity contribution in [3.8, 4) is 0 Å². The Labute approximate surface area is 88.0 Å². The Morgan fingerprint density at radius 3 is 2.25 bits per heavy atom. The first-order chi connectivity index (χ1) is 5.91. The van der Waals surface area contributed by atoms with E-state index in [4.69, 9.17) is 3.07 Å². The molecule has 0 aromatic rings. The SMILES string of the molecule is CCCCCCC[CH2][Sn][O]CC. The van der Waals surface area contributed by atoms with Gasteiger partial charge in [0.05, 0.1) is 0 Å². The molecule has 0 aliphatic rings. The molecule has 1 nitrogen and oxygen atoms in total. The normalized spacial score (nSPS) is 10.5. The van der Waals surface area contributed by atoms with Gasteiger partial charge in [0.2, 0.25) is 0 Å². The average molecular weight is 277 g/mol. The summed E-state index contributed by atoms with van der Waals surface area (Å²) in [6, 6.07) is 0. The molecule has 0 saturated carbocycles. The van der Waals surface area contributed by atoms with Gasteiger partial charge in [-0.25, -0.2) is 0 Å². The summed E-state index contributed by atoms with van der Waals surface area (Å²) < 4.78 is 6.85. The van der Waals surface area contributed by atoms with Gasteiger partial charge in [0.15, 0.2) is 0 Å². The first-order valence-corrected chi connectivity index (χ1v) is 8.44. The minimum absolute atomic E-state index is 0.373. The Bertz CT molecular complexity index is 66.2. The van der Waals surface area contributed by atoms with Crippen molar-refractivity contribution in [3.05, 3.63) is 0 Å². The van der Waals surface area contributed by atoms with Crippen LogP contribution in [0.3, 0.4) is 0 Å². The van der Waals surface area contributed by atoms with Crippen LogP contribution < -0.4 is 0 Å². The molecule has 0 aromatic carbocycles. The van der Waals surface area contributed by atoms with Crippen molar-refractivity contribution in [1.82, 2.24) is 0 Å². The van der Waals surface area contributed by atoms with E-state index in [0.717, 1.165) is 6.61 Å². The molecule has 0 aliphatic carbocycles. The van der Waals surface area contributed by atoms with Crippen molar-refractivity contribution in [2.45, 2.75) is 56.8 Å². The molecule has 0 aromatic heterocycles. The molecule has 0 N–H and O–H groups in total. The van der Waals surface area contributed by atoms with E-state index in [1.54, 1.807) is 0 Å². The van der Waals surface area contributed by atoms with Crippen molar-refractivity contribution < 1.29 is 3.07 Å². The molecular formula is C10H22OSn. The van der Waals surface area contributed by atoms with E-state index in [1.165, 1.54) is 43.0 Å². The van der Waals surface area contributed by atoms with Crippen molar-refractivity contribution in [2.75, 3.05) is 6.61 Å². The van der Waals surface area contributed by atoms with Gasteiger partial charge in [-0.1, -0.05) is 0 Å². The molecule has 0 amide bonds. The molecule has 0 rings (SSSR count). The zero-order chi connectivity index (χ0) is 9.07. The van der Waals surface area contributed by atoms with E-state index in [1.807, 2.05) is 0 Å². The zero-order valence-corrected chi connectivity index (χ0v) is 11.4. The number of unbranched alkanes of at least 4 members (excludes halogenated alkanes) is 5.